The molecule has 0 aliphatic carbocycles. The van der Waals surface area contributed by atoms with Gasteiger partial charge in [0, 0.05) is 6.54 Å². The summed E-state index contributed by atoms with van der Waals surface area (Å²) in [7, 11) is 0. The molecule has 0 aromatic heterocycles. The molecule has 1 aromatic carbocycles. The number of rotatable bonds is 4. The molecule has 1 aromatic rings. The van der Waals surface area contributed by atoms with Gasteiger partial charge in [0.05, 0.1) is 6.54 Å². The number of hydrogen-bond acceptors (Lipinski definition) is 4. The quantitative estimate of drug-likeness (QED) is 0.802. The Labute approximate surface area is 123 Å². The minimum Gasteiger partial charge on any atom is -0.486 e. The number of hydrogen-bond donors (Lipinski definition) is 2. The molecule has 1 aliphatic rings. The Morgan fingerprint density at radius 3 is 2.57 bits per heavy atom. The van der Waals surface area contributed by atoms with Gasteiger partial charge in [-0.25, -0.2) is 0 Å². The topological polar surface area (TPSA) is 76.7 Å². The van der Waals surface area contributed by atoms with Crippen LogP contribution in [0.15, 0.2) is 24.3 Å². The van der Waals surface area contributed by atoms with Gasteiger partial charge in [0.1, 0.15) is 12.7 Å². The van der Waals surface area contributed by atoms with E-state index in [0.717, 1.165) is 0 Å². The van der Waals surface area contributed by atoms with Crippen molar-refractivity contribution in [3.05, 3.63) is 24.3 Å². The summed E-state index contributed by atoms with van der Waals surface area (Å²) in [4.78, 5) is 23.1. The van der Waals surface area contributed by atoms with Crippen LogP contribution in [-0.4, -0.2) is 37.6 Å². The van der Waals surface area contributed by atoms with E-state index in [0.29, 0.717) is 30.6 Å². The molecule has 1 heterocycles. The SMILES string of the molecule is CC(C)CNC(=O)C(=O)NC[C@H]1COc2ccccc2O1. The van der Waals surface area contributed by atoms with E-state index in [9.17, 15) is 9.59 Å². The first-order valence-corrected chi connectivity index (χ1v) is 7.00. The summed E-state index contributed by atoms with van der Waals surface area (Å²) >= 11 is 0. The molecule has 0 fully saturated rings. The molecular formula is C15H20N2O4. The molecule has 2 rings (SSSR count). The summed E-state index contributed by atoms with van der Waals surface area (Å²) in [5, 5.41) is 5.11. The van der Waals surface area contributed by atoms with Gasteiger partial charge in [-0.3, -0.25) is 9.59 Å². The van der Waals surface area contributed by atoms with Gasteiger partial charge in [0.15, 0.2) is 11.5 Å². The Morgan fingerprint density at radius 1 is 1.19 bits per heavy atom. The fourth-order valence-corrected chi connectivity index (χ4v) is 1.83. The zero-order chi connectivity index (χ0) is 15.2. The van der Waals surface area contributed by atoms with Crippen LogP contribution >= 0.6 is 0 Å². The van der Waals surface area contributed by atoms with Gasteiger partial charge in [-0.15, -0.1) is 0 Å². The Hall–Kier alpha value is -2.24. The molecule has 0 spiro atoms. The van der Waals surface area contributed by atoms with Crippen LogP contribution in [-0.2, 0) is 9.59 Å². The highest BCUT2D eigenvalue weighted by molar-refractivity contribution is 6.35. The van der Waals surface area contributed by atoms with Crippen LogP contribution in [0, 0.1) is 5.92 Å². The number of para-hydroxylation sites is 2. The van der Waals surface area contributed by atoms with Crippen LogP contribution < -0.4 is 20.1 Å². The Bertz CT molecular complexity index is 516. The molecule has 1 aliphatic heterocycles. The molecule has 0 bridgehead atoms. The molecular weight excluding hydrogens is 272 g/mol. The first kappa shape index (κ1) is 15.2. The van der Waals surface area contributed by atoms with Gasteiger partial charge in [-0.05, 0) is 18.1 Å². The lowest BCUT2D eigenvalue weighted by atomic mass is 10.2. The third-order valence-electron chi connectivity index (χ3n) is 2.93. The Kier molecular flexibility index (Phi) is 5.03. The van der Waals surface area contributed by atoms with Crippen LogP contribution in [0.1, 0.15) is 13.8 Å². The second kappa shape index (κ2) is 6.97. The molecule has 2 N–H and O–H groups in total. The Balaban J connectivity index is 1.76. The first-order valence-electron chi connectivity index (χ1n) is 7.00. The summed E-state index contributed by atoms with van der Waals surface area (Å²) in [5.41, 5.74) is 0. The van der Waals surface area contributed by atoms with Crippen LogP contribution in [0.5, 0.6) is 11.5 Å². The molecule has 1 atom stereocenters. The van der Waals surface area contributed by atoms with Crippen molar-refractivity contribution in [3.8, 4) is 11.5 Å². The smallest absolute Gasteiger partial charge is 0.309 e. The van der Waals surface area contributed by atoms with E-state index in [1.807, 2.05) is 32.0 Å². The second-order valence-corrected chi connectivity index (χ2v) is 5.31. The van der Waals surface area contributed by atoms with Crippen molar-refractivity contribution in [2.75, 3.05) is 19.7 Å². The lowest BCUT2D eigenvalue weighted by Gasteiger charge is -2.26. The van der Waals surface area contributed by atoms with Crippen molar-refractivity contribution in [2.45, 2.75) is 20.0 Å². The van der Waals surface area contributed by atoms with Gasteiger partial charge in [-0.1, -0.05) is 26.0 Å². The highest BCUT2D eigenvalue weighted by Gasteiger charge is 2.22. The van der Waals surface area contributed by atoms with E-state index in [2.05, 4.69) is 10.6 Å². The van der Waals surface area contributed by atoms with E-state index in [-0.39, 0.29) is 12.6 Å². The number of carbonyl (C=O) groups is 2. The monoisotopic (exact) mass is 292 g/mol. The fourth-order valence-electron chi connectivity index (χ4n) is 1.83. The summed E-state index contributed by atoms with van der Waals surface area (Å²) < 4.78 is 11.2. The third kappa shape index (κ3) is 4.37. The predicted octanol–water partition coefficient (Wildman–Crippen LogP) is 0.715. The largest absolute Gasteiger partial charge is 0.486 e. The molecule has 21 heavy (non-hydrogen) atoms. The second-order valence-electron chi connectivity index (χ2n) is 5.31. The summed E-state index contributed by atoms with van der Waals surface area (Å²) in [6.45, 7) is 4.96. The third-order valence-corrected chi connectivity index (χ3v) is 2.93. The molecule has 0 saturated carbocycles. The summed E-state index contributed by atoms with van der Waals surface area (Å²) in [5.74, 6) is 0.356. The fraction of sp³-hybridized carbons (Fsp3) is 0.467. The maximum atomic E-state index is 11.6. The van der Waals surface area contributed by atoms with Gasteiger partial charge in [0.25, 0.3) is 0 Å². The lowest BCUT2D eigenvalue weighted by Crippen LogP contribution is -2.46. The predicted molar refractivity (Wildman–Crippen MR) is 77.2 cm³/mol. The van der Waals surface area contributed by atoms with Crippen molar-refractivity contribution < 1.29 is 19.1 Å². The number of ether oxygens (including phenoxy) is 2. The standard InChI is InChI=1S/C15H20N2O4/c1-10(2)7-16-14(18)15(19)17-8-11-9-20-12-5-3-4-6-13(12)21-11/h3-6,10-11H,7-9H2,1-2H3,(H,16,18)(H,17,19)/t11-/m0/s1. The van der Waals surface area contributed by atoms with E-state index in [1.54, 1.807) is 6.07 Å². The van der Waals surface area contributed by atoms with Gasteiger partial charge in [0.2, 0.25) is 0 Å². The number of nitrogens with one attached hydrogen (secondary N) is 2. The molecule has 0 radical (unpaired) electrons. The molecule has 6 nitrogen and oxygen atoms in total. The van der Waals surface area contributed by atoms with E-state index in [1.165, 1.54) is 0 Å². The number of carbonyl (C=O) groups excluding carboxylic acids is 2. The molecule has 6 heteroatoms. The number of benzene rings is 1. The van der Waals surface area contributed by atoms with Crippen molar-refractivity contribution >= 4 is 11.8 Å². The van der Waals surface area contributed by atoms with Crippen molar-refractivity contribution in [2.24, 2.45) is 5.92 Å². The molecule has 0 unspecified atom stereocenters. The van der Waals surface area contributed by atoms with Crippen molar-refractivity contribution in [1.82, 2.24) is 10.6 Å². The first-order chi connectivity index (χ1) is 10.1. The van der Waals surface area contributed by atoms with Crippen LogP contribution in [0.25, 0.3) is 0 Å². The highest BCUT2D eigenvalue weighted by atomic mass is 16.6. The summed E-state index contributed by atoms with van der Waals surface area (Å²) in [6, 6.07) is 7.34. The maximum absolute atomic E-state index is 11.6. The minimum atomic E-state index is -0.655. The minimum absolute atomic E-state index is 0.224. The molecule has 114 valence electrons. The zero-order valence-electron chi connectivity index (χ0n) is 12.2. The molecule has 0 saturated heterocycles. The Morgan fingerprint density at radius 2 is 1.86 bits per heavy atom. The van der Waals surface area contributed by atoms with E-state index < -0.39 is 11.8 Å². The maximum Gasteiger partial charge on any atom is 0.309 e. The van der Waals surface area contributed by atoms with Crippen LogP contribution in [0.2, 0.25) is 0 Å². The van der Waals surface area contributed by atoms with Gasteiger partial charge >= 0.3 is 11.8 Å². The number of amides is 2. The average molecular weight is 292 g/mol. The molecule has 2 amide bonds. The van der Waals surface area contributed by atoms with E-state index in [4.69, 9.17) is 9.47 Å². The lowest BCUT2D eigenvalue weighted by molar-refractivity contribution is -0.139. The van der Waals surface area contributed by atoms with Gasteiger partial charge < -0.3 is 20.1 Å². The van der Waals surface area contributed by atoms with E-state index >= 15 is 0 Å². The number of fused-ring (bicyclic) bond motifs is 1. The van der Waals surface area contributed by atoms with Crippen molar-refractivity contribution in [3.63, 3.8) is 0 Å². The normalized spacial score (nSPS) is 16.4. The van der Waals surface area contributed by atoms with Crippen molar-refractivity contribution in [1.29, 1.82) is 0 Å². The van der Waals surface area contributed by atoms with Gasteiger partial charge in [-0.2, -0.15) is 0 Å². The van der Waals surface area contributed by atoms with Crippen LogP contribution in [0.4, 0.5) is 0 Å². The zero-order valence-corrected chi connectivity index (χ0v) is 12.2. The van der Waals surface area contributed by atoms with Crippen LogP contribution in [0.3, 0.4) is 0 Å². The summed E-state index contributed by atoms with van der Waals surface area (Å²) in [6.07, 6.45) is -0.304. The average Bonchev–Trinajstić information content (AvgIpc) is 2.49. The highest BCUT2D eigenvalue weighted by Crippen LogP contribution is 2.30.